The first-order valence-electron chi connectivity index (χ1n) is 3.18. The molecule has 0 aliphatic rings. The van der Waals surface area contributed by atoms with Crippen LogP contribution in [0.3, 0.4) is 0 Å². The molecule has 0 saturated heterocycles. The second-order valence-electron chi connectivity index (χ2n) is 2.42. The van der Waals surface area contributed by atoms with Crippen molar-refractivity contribution in [3.05, 3.63) is 0 Å². The van der Waals surface area contributed by atoms with Gasteiger partial charge in [0.05, 0.1) is 0 Å². The van der Waals surface area contributed by atoms with E-state index in [4.69, 9.17) is 0 Å². The van der Waals surface area contributed by atoms with Gasteiger partial charge in [0, 0.05) is 28.2 Å². The molecule has 0 saturated carbocycles. The Morgan fingerprint density at radius 3 is 1.60 bits per heavy atom. The summed E-state index contributed by atoms with van der Waals surface area (Å²) in [7, 11) is 8.62. The fourth-order valence-corrected chi connectivity index (χ4v) is 1.30. The van der Waals surface area contributed by atoms with Crippen LogP contribution in [0.2, 0.25) is 6.55 Å². The van der Waals surface area contributed by atoms with Crippen LogP contribution in [0.5, 0.6) is 0 Å². The van der Waals surface area contributed by atoms with Crippen LogP contribution in [0.15, 0.2) is 4.66 Å². The van der Waals surface area contributed by atoms with Gasteiger partial charge in [0.2, 0.25) is 9.68 Å². The highest BCUT2D eigenvalue weighted by Crippen LogP contribution is 1.86. The van der Waals surface area contributed by atoms with E-state index >= 15 is 0 Å². The summed E-state index contributed by atoms with van der Waals surface area (Å²) in [6.45, 7) is 2.06. The van der Waals surface area contributed by atoms with Gasteiger partial charge in [-0.1, -0.05) is 6.55 Å². The summed E-state index contributed by atoms with van der Waals surface area (Å²) in [6, 6.07) is 0. The van der Waals surface area contributed by atoms with Gasteiger partial charge in [0.1, 0.15) is 0 Å². The first-order chi connectivity index (χ1) is 4.59. The Kier molecular flexibility index (Phi) is 4.10. The van der Waals surface area contributed by atoms with E-state index < -0.39 is 0 Å². The summed E-state index contributed by atoms with van der Waals surface area (Å²) in [4.78, 5) is 4.02. The first kappa shape index (κ1) is 9.49. The molecule has 0 fully saturated rings. The lowest BCUT2D eigenvalue weighted by Crippen LogP contribution is -2.35. The van der Waals surface area contributed by atoms with E-state index in [1.54, 1.807) is 0 Å². The van der Waals surface area contributed by atoms with Crippen LogP contribution in [-0.2, 0) is 0 Å². The Morgan fingerprint density at radius 1 is 1.10 bits per heavy atom. The molecule has 0 atom stereocenters. The highest BCUT2D eigenvalue weighted by molar-refractivity contribution is 6.33. The topological polar surface area (TPSA) is 18.8 Å². The second kappa shape index (κ2) is 4.33. The monoisotopic (exact) mass is 157 g/mol. The molecule has 0 spiro atoms. The number of nitrogens with zero attached hydrogens (tertiary/aromatic N) is 3. The van der Waals surface area contributed by atoms with Gasteiger partial charge in [-0.15, -0.1) is 0 Å². The molecule has 0 rings (SSSR count). The van der Waals surface area contributed by atoms with Crippen LogP contribution >= 0.6 is 0 Å². The fraction of sp³-hybridized carbons (Fsp3) is 0.833. The molecule has 58 valence electrons. The Labute approximate surface area is 65.6 Å². The molecule has 0 heterocycles. The molecular formula is C6H15N3Si. The van der Waals surface area contributed by atoms with E-state index in [2.05, 4.69) is 11.2 Å². The van der Waals surface area contributed by atoms with Crippen molar-refractivity contribution < 1.29 is 0 Å². The van der Waals surface area contributed by atoms with Gasteiger partial charge >= 0.3 is 0 Å². The van der Waals surface area contributed by atoms with Crippen LogP contribution in [0, 0.1) is 0 Å². The van der Waals surface area contributed by atoms with E-state index in [-0.39, 0.29) is 0 Å². The molecule has 0 amide bonds. The summed E-state index contributed by atoms with van der Waals surface area (Å²) in [5, 5.41) is 0. The third-order valence-electron chi connectivity index (χ3n) is 1.01. The number of rotatable bonds is 1. The third kappa shape index (κ3) is 2.86. The standard InChI is InChI=1S/C6H15N3Si/c1-8(2)6(7-10-5)9(3)4/h1-5H3. The summed E-state index contributed by atoms with van der Waals surface area (Å²) in [5.74, 6) is 1.03. The van der Waals surface area contributed by atoms with Crippen molar-refractivity contribution in [2.75, 3.05) is 28.2 Å². The summed E-state index contributed by atoms with van der Waals surface area (Å²) >= 11 is 0. The zero-order chi connectivity index (χ0) is 8.15. The first-order valence-corrected chi connectivity index (χ1v) is 4.63. The van der Waals surface area contributed by atoms with Gasteiger partial charge in [-0.3, -0.25) is 4.66 Å². The zero-order valence-electron chi connectivity index (χ0n) is 7.34. The minimum absolute atomic E-state index is 0.628. The molecule has 0 bridgehead atoms. The van der Waals surface area contributed by atoms with Crippen molar-refractivity contribution in [1.29, 1.82) is 0 Å². The average molecular weight is 157 g/mol. The predicted molar refractivity (Wildman–Crippen MR) is 46.4 cm³/mol. The normalized spacial score (nSPS) is 8.90. The molecule has 0 aromatic rings. The lowest BCUT2D eigenvalue weighted by Gasteiger charge is -2.22. The zero-order valence-corrected chi connectivity index (χ0v) is 8.34. The third-order valence-corrected chi connectivity index (χ3v) is 1.44. The van der Waals surface area contributed by atoms with E-state index in [0.717, 1.165) is 5.96 Å². The summed E-state index contributed by atoms with van der Waals surface area (Å²) < 4.78 is 4.32. The maximum Gasteiger partial charge on any atom is 0.211 e. The van der Waals surface area contributed by atoms with Crippen LogP contribution in [0.1, 0.15) is 0 Å². The predicted octanol–water partition coefficient (Wildman–Crippen LogP) is 0.133. The van der Waals surface area contributed by atoms with Crippen molar-refractivity contribution in [3.63, 3.8) is 0 Å². The average Bonchev–Trinajstić information content (AvgIpc) is 1.81. The fourth-order valence-electron chi connectivity index (χ4n) is 0.700. The van der Waals surface area contributed by atoms with Gasteiger partial charge in [-0.2, -0.15) is 0 Å². The van der Waals surface area contributed by atoms with E-state index in [1.807, 2.05) is 38.0 Å². The van der Waals surface area contributed by atoms with Gasteiger partial charge in [0.15, 0.2) is 5.96 Å². The van der Waals surface area contributed by atoms with E-state index in [1.165, 1.54) is 0 Å². The van der Waals surface area contributed by atoms with Crippen molar-refractivity contribution in [2.24, 2.45) is 4.66 Å². The van der Waals surface area contributed by atoms with Crippen LogP contribution in [0.25, 0.3) is 0 Å². The summed E-state index contributed by atoms with van der Waals surface area (Å²) in [6.07, 6.45) is 0. The molecule has 0 N–H and O–H groups in total. The Bertz CT molecular complexity index is 110. The van der Waals surface area contributed by atoms with Gasteiger partial charge in [0.25, 0.3) is 0 Å². The van der Waals surface area contributed by atoms with Gasteiger partial charge < -0.3 is 9.80 Å². The van der Waals surface area contributed by atoms with Crippen molar-refractivity contribution in [2.45, 2.75) is 6.55 Å². The largest absolute Gasteiger partial charge is 0.350 e. The number of hydrogen-bond donors (Lipinski definition) is 0. The summed E-state index contributed by atoms with van der Waals surface area (Å²) in [5.41, 5.74) is 0. The quantitative estimate of drug-likeness (QED) is 0.306. The van der Waals surface area contributed by atoms with Crippen molar-refractivity contribution >= 4 is 15.6 Å². The minimum Gasteiger partial charge on any atom is -0.350 e. The second-order valence-corrected chi connectivity index (χ2v) is 3.10. The molecule has 0 aliphatic carbocycles. The molecular weight excluding hydrogens is 142 g/mol. The van der Waals surface area contributed by atoms with Crippen LogP contribution in [0.4, 0.5) is 0 Å². The molecule has 3 nitrogen and oxygen atoms in total. The molecule has 0 aromatic carbocycles. The van der Waals surface area contributed by atoms with Crippen LogP contribution < -0.4 is 0 Å². The smallest absolute Gasteiger partial charge is 0.211 e. The Balaban J connectivity index is 4.12. The van der Waals surface area contributed by atoms with Crippen molar-refractivity contribution in [3.8, 4) is 0 Å². The van der Waals surface area contributed by atoms with E-state index in [0.29, 0.717) is 9.68 Å². The SMILES string of the molecule is C[Si]N=C(N(C)C)N(C)C. The molecule has 0 aromatic heterocycles. The lowest BCUT2D eigenvalue weighted by atomic mass is 10.7. The number of hydrogen-bond acceptors (Lipinski definition) is 1. The molecule has 2 radical (unpaired) electrons. The lowest BCUT2D eigenvalue weighted by molar-refractivity contribution is 0.486. The highest BCUT2D eigenvalue weighted by Gasteiger charge is 2.00. The van der Waals surface area contributed by atoms with Crippen molar-refractivity contribution in [1.82, 2.24) is 9.80 Å². The van der Waals surface area contributed by atoms with Gasteiger partial charge in [-0.25, -0.2) is 0 Å². The van der Waals surface area contributed by atoms with Gasteiger partial charge in [-0.05, 0) is 0 Å². The highest BCUT2D eigenvalue weighted by atomic mass is 28.2. The molecule has 0 unspecified atom stereocenters. The maximum atomic E-state index is 4.32. The van der Waals surface area contributed by atoms with E-state index in [9.17, 15) is 0 Å². The Hall–Kier alpha value is -0.513. The minimum atomic E-state index is 0.628. The maximum absolute atomic E-state index is 4.32. The molecule has 4 heteroatoms. The Morgan fingerprint density at radius 2 is 1.50 bits per heavy atom. The molecule has 10 heavy (non-hydrogen) atoms. The number of guanidine groups is 1. The van der Waals surface area contributed by atoms with Crippen LogP contribution in [-0.4, -0.2) is 53.6 Å². The molecule has 0 aliphatic heterocycles.